The number of likely N-dealkylation sites (N-methyl/N-ethyl adjacent to an activating group) is 1. The van der Waals surface area contributed by atoms with Crippen molar-refractivity contribution in [2.45, 2.75) is 52.2 Å². The molecule has 3 N–H and O–H groups in total. The first-order chi connectivity index (χ1) is 8.05. The van der Waals surface area contributed by atoms with Gasteiger partial charge in [0.2, 0.25) is 0 Å². The van der Waals surface area contributed by atoms with Gasteiger partial charge in [-0.15, -0.1) is 0 Å². The highest BCUT2D eigenvalue weighted by Gasteiger charge is 2.34. The maximum atomic E-state index is 12.0. The van der Waals surface area contributed by atoms with Gasteiger partial charge in [-0.05, 0) is 34.1 Å². The third-order valence-corrected chi connectivity index (χ3v) is 2.81. The number of amides is 2. The van der Waals surface area contributed by atoms with Crippen LogP contribution in [0, 0.1) is 0 Å². The highest BCUT2D eigenvalue weighted by molar-refractivity contribution is 5.85. The second-order valence-electron chi connectivity index (χ2n) is 5.25. The number of nitrogens with zero attached hydrogens (tertiary/aromatic N) is 1. The second kappa shape index (κ2) is 6.04. The Hall–Kier alpha value is -1.30. The number of rotatable bonds is 6. The van der Waals surface area contributed by atoms with E-state index >= 15 is 0 Å². The number of aliphatic carboxylic acids is 1. The van der Waals surface area contributed by atoms with Gasteiger partial charge in [0.15, 0.2) is 0 Å². The highest BCUT2D eigenvalue weighted by Crippen LogP contribution is 2.11. The lowest BCUT2D eigenvalue weighted by Gasteiger charge is -2.32. The van der Waals surface area contributed by atoms with E-state index in [0.29, 0.717) is 6.54 Å². The van der Waals surface area contributed by atoms with Gasteiger partial charge in [-0.2, -0.15) is 0 Å². The van der Waals surface area contributed by atoms with Crippen LogP contribution in [-0.4, -0.2) is 51.3 Å². The summed E-state index contributed by atoms with van der Waals surface area (Å²) in [6.45, 7) is 8.67. The van der Waals surface area contributed by atoms with Crippen LogP contribution >= 0.6 is 0 Å². The first-order valence-electron chi connectivity index (χ1n) is 6.08. The highest BCUT2D eigenvalue weighted by atomic mass is 16.4. The molecule has 0 aromatic heterocycles. The van der Waals surface area contributed by atoms with Crippen molar-refractivity contribution in [3.05, 3.63) is 0 Å². The fourth-order valence-corrected chi connectivity index (χ4v) is 1.40. The monoisotopic (exact) mass is 260 g/mol. The van der Waals surface area contributed by atoms with Crippen LogP contribution in [0.2, 0.25) is 0 Å². The van der Waals surface area contributed by atoms with Crippen molar-refractivity contribution in [3.63, 3.8) is 0 Å². The van der Waals surface area contributed by atoms with Crippen LogP contribution in [0.4, 0.5) is 4.79 Å². The molecule has 0 rings (SSSR count). The number of hydrogen-bond donors (Lipinski definition) is 3. The summed E-state index contributed by atoms with van der Waals surface area (Å²) in [5, 5.41) is 21.3. The minimum atomic E-state index is -1.29. The first kappa shape index (κ1) is 16.7. The third-order valence-electron chi connectivity index (χ3n) is 2.81. The Morgan fingerprint density at radius 2 is 1.72 bits per heavy atom. The van der Waals surface area contributed by atoms with Gasteiger partial charge in [-0.1, -0.05) is 6.92 Å². The summed E-state index contributed by atoms with van der Waals surface area (Å²) >= 11 is 0. The van der Waals surface area contributed by atoms with Crippen LogP contribution in [0.1, 0.15) is 41.0 Å². The lowest BCUT2D eigenvalue weighted by atomic mass is 9.99. The van der Waals surface area contributed by atoms with Crippen molar-refractivity contribution in [1.29, 1.82) is 0 Å². The van der Waals surface area contributed by atoms with Crippen LogP contribution in [0.15, 0.2) is 0 Å². The van der Waals surface area contributed by atoms with Gasteiger partial charge < -0.3 is 20.4 Å². The molecule has 18 heavy (non-hydrogen) atoms. The summed E-state index contributed by atoms with van der Waals surface area (Å²) in [5.41, 5.74) is -2.30. The second-order valence-corrected chi connectivity index (χ2v) is 5.25. The van der Waals surface area contributed by atoms with Crippen molar-refractivity contribution in [3.8, 4) is 0 Å². The van der Waals surface area contributed by atoms with Gasteiger partial charge in [0.25, 0.3) is 0 Å². The Morgan fingerprint density at radius 1 is 1.22 bits per heavy atom. The quantitative estimate of drug-likeness (QED) is 0.665. The van der Waals surface area contributed by atoms with E-state index in [9.17, 15) is 14.7 Å². The molecule has 1 atom stereocenters. The fourth-order valence-electron chi connectivity index (χ4n) is 1.40. The van der Waals surface area contributed by atoms with Crippen LogP contribution < -0.4 is 5.32 Å². The minimum Gasteiger partial charge on any atom is -0.480 e. The summed E-state index contributed by atoms with van der Waals surface area (Å²) in [6.07, 6.45) is 0.286. The zero-order valence-electron chi connectivity index (χ0n) is 11.8. The van der Waals surface area contributed by atoms with E-state index in [2.05, 4.69) is 5.32 Å². The number of carboxylic acids is 1. The van der Waals surface area contributed by atoms with E-state index in [0.717, 1.165) is 0 Å². The molecule has 106 valence electrons. The van der Waals surface area contributed by atoms with E-state index in [4.69, 9.17) is 5.11 Å². The molecule has 0 aromatic carbocycles. The average molecular weight is 260 g/mol. The lowest BCUT2D eigenvalue weighted by molar-refractivity contribution is -0.143. The molecule has 6 nitrogen and oxygen atoms in total. The van der Waals surface area contributed by atoms with Crippen LogP contribution in [-0.2, 0) is 4.79 Å². The van der Waals surface area contributed by atoms with Crippen LogP contribution in [0.5, 0.6) is 0 Å². The Labute approximate surface area is 108 Å². The number of nitrogens with one attached hydrogen (secondary N) is 1. The van der Waals surface area contributed by atoms with E-state index in [1.807, 2.05) is 0 Å². The van der Waals surface area contributed by atoms with Gasteiger partial charge >= 0.3 is 12.0 Å². The molecule has 6 heteroatoms. The first-order valence-corrected chi connectivity index (χ1v) is 6.08. The SMILES string of the molecule is CCN(CC(C)(C)O)C(=O)NC(C)(CC)C(=O)O. The van der Waals surface area contributed by atoms with Crippen molar-refractivity contribution in [2.24, 2.45) is 0 Å². The van der Waals surface area contributed by atoms with E-state index in [1.54, 1.807) is 27.7 Å². The lowest BCUT2D eigenvalue weighted by Crippen LogP contribution is -2.57. The molecule has 0 aliphatic rings. The Balaban J connectivity index is 4.77. The van der Waals surface area contributed by atoms with Gasteiger partial charge in [0.1, 0.15) is 5.54 Å². The molecule has 2 amide bonds. The zero-order chi connectivity index (χ0) is 14.6. The molecule has 0 saturated carbocycles. The summed E-state index contributed by atoms with van der Waals surface area (Å²) in [6, 6.07) is -0.480. The van der Waals surface area contributed by atoms with Gasteiger partial charge in [-0.3, -0.25) is 0 Å². The molecule has 0 heterocycles. The molecule has 1 unspecified atom stereocenters. The Morgan fingerprint density at radius 3 is 2.00 bits per heavy atom. The van der Waals surface area contributed by atoms with Crippen LogP contribution in [0.25, 0.3) is 0 Å². The average Bonchev–Trinajstić information content (AvgIpc) is 2.23. The number of hydrogen-bond acceptors (Lipinski definition) is 3. The number of carboxylic acid groups (broad SMARTS) is 1. The van der Waals surface area contributed by atoms with E-state index in [-0.39, 0.29) is 13.0 Å². The predicted octanol–water partition coefficient (Wildman–Crippen LogP) is 1.04. The normalized spacial score (nSPS) is 14.8. The summed E-state index contributed by atoms with van der Waals surface area (Å²) in [4.78, 5) is 24.5. The minimum absolute atomic E-state index is 0.148. The number of carbonyl (C=O) groups is 2. The van der Waals surface area contributed by atoms with Gasteiger partial charge in [0.05, 0.1) is 12.1 Å². The molecule has 0 aliphatic heterocycles. The molecule has 0 spiro atoms. The van der Waals surface area contributed by atoms with E-state index < -0.39 is 23.1 Å². The molecule has 0 bridgehead atoms. The largest absolute Gasteiger partial charge is 0.480 e. The van der Waals surface area contributed by atoms with Crippen LogP contribution in [0.3, 0.4) is 0 Å². The maximum absolute atomic E-state index is 12.0. The molecule has 0 fully saturated rings. The molecule has 0 radical (unpaired) electrons. The number of urea groups is 1. The fraction of sp³-hybridized carbons (Fsp3) is 0.833. The van der Waals surface area contributed by atoms with Crippen molar-refractivity contribution in [1.82, 2.24) is 10.2 Å². The van der Waals surface area contributed by atoms with Crippen molar-refractivity contribution < 1.29 is 19.8 Å². The number of aliphatic hydroxyl groups is 1. The molecular weight excluding hydrogens is 236 g/mol. The molecular formula is C12H24N2O4. The molecule has 0 saturated heterocycles. The number of carbonyl (C=O) groups excluding carboxylic acids is 1. The maximum Gasteiger partial charge on any atom is 0.329 e. The van der Waals surface area contributed by atoms with E-state index in [1.165, 1.54) is 11.8 Å². The Kier molecular flexibility index (Phi) is 5.60. The molecule has 0 aliphatic carbocycles. The van der Waals surface area contributed by atoms with Crippen molar-refractivity contribution >= 4 is 12.0 Å². The smallest absolute Gasteiger partial charge is 0.329 e. The van der Waals surface area contributed by atoms with Crippen molar-refractivity contribution in [2.75, 3.05) is 13.1 Å². The van der Waals surface area contributed by atoms with Gasteiger partial charge in [-0.25, -0.2) is 9.59 Å². The topological polar surface area (TPSA) is 89.9 Å². The summed E-state index contributed by atoms with van der Waals surface area (Å²) in [5.74, 6) is -1.07. The summed E-state index contributed by atoms with van der Waals surface area (Å²) in [7, 11) is 0. The predicted molar refractivity (Wildman–Crippen MR) is 68.4 cm³/mol. The zero-order valence-corrected chi connectivity index (χ0v) is 11.8. The summed E-state index contributed by atoms with van der Waals surface area (Å²) < 4.78 is 0. The Bertz CT molecular complexity index is 312. The standard InChI is InChI=1S/C12H24N2O4/c1-6-12(5,9(15)16)13-10(17)14(7-2)8-11(3,4)18/h18H,6-8H2,1-5H3,(H,13,17)(H,15,16). The van der Waals surface area contributed by atoms with Gasteiger partial charge in [0, 0.05) is 6.54 Å². The molecule has 0 aromatic rings. The third kappa shape index (κ3) is 4.91.